The number of aromatic nitrogens is 3. The Kier molecular flexibility index (Phi) is 7.12. The monoisotopic (exact) mass is 410 g/mol. The second-order valence-corrected chi connectivity index (χ2v) is 8.62. The van der Waals surface area contributed by atoms with Crippen molar-refractivity contribution in [2.75, 3.05) is 26.2 Å². The molecule has 2 aromatic rings. The number of amides is 1. The van der Waals surface area contributed by atoms with E-state index in [0.29, 0.717) is 12.6 Å². The third-order valence-corrected chi connectivity index (χ3v) is 6.50. The Balaban J connectivity index is 1.22. The van der Waals surface area contributed by atoms with E-state index in [9.17, 15) is 4.79 Å². The topological polar surface area (TPSA) is 66.3 Å². The molecule has 2 saturated heterocycles. The fourth-order valence-corrected chi connectivity index (χ4v) is 4.75. The van der Waals surface area contributed by atoms with E-state index in [-0.39, 0.29) is 11.8 Å². The van der Waals surface area contributed by atoms with Crippen LogP contribution in [0.5, 0.6) is 0 Å². The number of nitrogens with one attached hydrogen (secondary N) is 1. The van der Waals surface area contributed by atoms with E-state index in [2.05, 4.69) is 38.2 Å². The van der Waals surface area contributed by atoms with Gasteiger partial charge in [-0.1, -0.05) is 6.07 Å². The normalized spacial score (nSPS) is 21.6. The summed E-state index contributed by atoms with van der Waals surface area (Å²) in [6, 6.07) is 4.77. The molecule has 0 unspecified atom stereocenters. The Hall–Kier alpha value is -2.25. The maximum atomic E-state index is 12.8. The molecule has 1 atom stereocenters. The third-order valence-electron chi connectivity index (χ3n) is 6.50. The number of likely N-dealkylation sites (tertiary alicyclic amines) is 2. The smallest absolute Gasteiger partial charge is 0.224 e. The van der Waals surface area contributed by atoms with Gasteiger partial charge in [0.1, 0.15) is 0 Å². The molecular weight excluding hydrogens is 376 g/mol. The van der Waals surface area contributed by atoms with E-state index >= 15 is 0 Å². The van der Waals surface area contributed by atoms with Gasteiger partial charge in [0.2, 0.25) is 5.91 Å². The summed E-state index contributed by atoms with van der Waals surface area (Å²) >= 11 is 0. The van der Waals surface area contributed by atoms with E-state index in [1.807, 2.05) is 35.5 Å². The molecule has 2 fully saturated rings. The standard InChI is InChI=1S/C23H34N6O/c1-2-29-17-20(15-26-29)14-25-23(30)21-6-4-10-28(18-21)22-7-11-27(12-8-22)16-19-5-3-9-24-13-19/h3,5,9,13,15,17,21-22H,2,4,6-8,10-12,14,16,18H2,1H3,(H,25,30)/t21-/m1/s1. The molecule has 0 spiro atoms. The number of hydrogen-bond acceptors (Lipinski definition) is 5. The molecule has 2 aromatic heterocycles. The molecule has 1 amide bonds. The van der Waals surface area contributed by atoms with Crippen molar-refractivity contribution in [3.8, 4) is 0 Å². The second-order valence-electron chi connectivity index (χ2n) is 8.62. The van der Waals surface area contributed by atoms with Crippen LogP contribution >= 0.6 is 0 Å². The number of pyridine rings is 1. The van der Waals surface area contributed by atoms with Gasteiger partial charge >= 0.3 is 0 Å². The van der Waals surface area contributed by atoms with Gasteiger partial charge in [0.05, 0.1) is 12.1 Å². The van der Waals surface area contributed by atoms with Crippen LogP contribution in [0.1, 0.15) is 43.7 Å². The Morgan fingerprint density at radius 2 is 2.03 bits per heavy atom. The van der Waals surface area contributed by atoms with Crippen LogP contribution < -0.4 is 5.32 Å². The van der Waals surface area contributed by atoms with Gasteiger partial charge in [-0.3, -0.25) is 24.3 Å². The minimum atomic E-state index is 0.105. The Labute approximate surface area is 179 Å². The molecule has 4 heterocycles. The molecule has 7 nitrogen and oxygen atoms in total. The number of carbonyl (C=O) groups is 1. The van der Waals surface area contributed by atoms with Crippen molar-refractivity contribution in [3.63, 3.8) is 0 Å². The number of rotatable bonds is 7. The van der Waals surface area contributed by atoms with Crippen molar-refractivity contribution in [1.29, 1.82) is 0 Å². The molecule has 0 saturated carbocycles. The summed E-state index contributed by atoms with van der Waals surface area (Å²) in [5.74, 6) is 0.298. The van der Waals surface area contributed by atoms with Crippen LogP contribution in [-0.4, -0.2) is 62.7 Å². The highest BCUT2D eigenvalue weighted by Crippen LogP contribution is 2.24. The van der Waals surface area contributed by atoms with Crippen molar-refractivity contribution >= 4 is 5.91 Å². The highest BCUT2D eigenvalue weighted by Gasteiger charge is 2.31. The number of carbonyl (C=O) groups excluding carboxylic acids is 1. The minimum absolute atomic E-state index is 0.105. The zero-order valence-corrected chi connectivity index (χ0v) is 18.0. The van der Waals surface area contributed by atoms with Crippen molar-refractivity contribution in [1.82, 2.24) is 29.9 Å². The number of nitrogens with zero attached hydrogens (tertiary/aromatic N) is 5. The molecule has 30 heavy (non-hydrogen) atoms. The number of piperidine rings is 2. The van der Waals surface area contributed by atoms with Crippen LogP contribution in [0.25, 0.3) is 0 Å². The molecule has 162 valence electrons. The Morgan fingerprint density at radius 3 is 2.77 bits per heavy atom. The van der Waals surface area contributed by atoms with Crippen LogP contribution in [0.15, 0.2) is 36.9 Å². The average Bonchev–Trinajstić information content (AvgIpc) is 3.27. The Morgan fingerprint density at radius 1 is 1.17 bits per heavy atom. The summed E-state index contributed by atoms with van der Waals surface area (Å²) in [7, 11) is 0. The van der Waals surface area contributed by atoms with Crippen LogP contribution in [0.4, 0.5) is 0 Å². The number of aryl methyl sites for hydroxylation is 1. The van der Waals surface area contributed by atoms with Gasteiger partial charge in [-0.25, -0.2) is 0 Å². The fraction of sp³-hybridized carbons (Fsp3) is 0.609. The van der Waals surface area contributed by atoms with Gasteiger partial charge in [-0.05, 0) is 63.9 Å². The van der Waals surface area contributed by atoms with Crippen LogP contribution in [-0.2, 0) is 24.4 Å². The summed E-state index contributed by atoms with van der Waals surface area (Å²) in [6.07, 6.45) is 12.1. The van der Waals surface area contributed by atoms with E-state index in [0.717, 1.165) is 57.7 Å². The minimum Gasteiger partial charge on any atom is -0.352 e. The first-order valence-electron chi connectivity index (χ1n) is 11.4. The van der Waals surface area contributed by atoms with Crippen molar-refractivity contribution in [3.05, 3.63) is 48.0 Å². The molecule has 7 heteroatoms. The summed E-state index contributed by atoms with van der Waals surface area (Å²) in [4.78, 5) is 22.1. The zero-order chi connectivity index (χ0) is 20.8. The quantitative estimate of drug-likeness (QED) is 0.759. The van der Waals surface area contributed by atoms with E-state index in [1.54, 1.807) is 0 Å². The predicted molar refractivity (Wildman–Crippen MR) is 117 cm³/mol. The molecule has 0 aromatic carbocycles. The van der Waals surface area contributed by atoms with Crippen LogP contribution in [0.3, 0.4) is 0 Å². The van der Waals surface area contributed by atoms with Gasteiger partial charge in [0.25, 0.3) is 0 Å². The van der Waals surface area contributed by atoms with E-state index in [4.69, 9.17) is 0 Å². The van der Waals surface area contributed by atoms with Crippen LogP contribution in [0, 0.1) is 5.92 Å². The maximum Gasteiger partial charge on any atom is 0.224 e. The first-order chi connectivity index (χ1) is 14.7. The maximum absolute atomic E-state index is 12.8. The lowest BCUT2D eigenvalue weighted by atomic mass is 9.93. The highest BCUT2D eigenvalue weighted by molar-refractivity contribution is 5.78. The summed E-state index contributed by atoms with van der Waals surface area (Å²) in [5.41, 5.74) is 2.36. The molecular formula is C23H34N6O. The largest absolute Gasteiger partial charge is 0.352 e. The molecule has 1 N–H and O–H groups in total. The van der Waals surface area contributed by atoms with Gasteiger partial charge in [-0.15, -0.1) is 0 Å². The molecule has 2 aliphatic rings. The molecule has 0 aliphatic carbocycles. The van der Waals surface area contributed by atoms with E-state index < -0.39 is 0 Å². The lowest BCUT2D eigenvalue weighted by Gasteiger charge is -2.42. The summed E-state index contributed by atoms with van der Waals surface area (Å²) in [6.45, 7) is 8.74. The fourth-order valence-electron chi connectivity index (χ4n) is 4.75. The van der Waals surface area contributed by atoms with Crippen molar-refractivity contribution < 1.29 is 4.79 Å². The van der Waals surface area contributed by atoms with Gasteiger partial charge in [-0.2, -0.15) is 5.10 Å². The first-order valence-corrected chi connectivity index (χ1v) is 11.4. The molecule has 2 aliphatic heterocycles. The van der Waals surface area contributed by atoms with Crippen molar-refractivity contribution in [2.24, 2.45) is 5.92 Å². The molecule has 0 radical (unpaired) electrons. The number of hydrogen-bond donors (Lipinski definition) is 1. The first kappa shape index (κ1) is 21.0. The van der Waals surface area contributed by atoms with Gasteiger partial charge in [0.15, 0.2) is 0 Å². The predicted octanol–water partition coefficient (Wildman–Crippen LogP) is 2.29. The molecule has 0 bridgehead atoms. The summed E-state index contributed by atoms with van der Waals surface area (Å²) < 4.78 is 1.89. The Bertz CT molecular complexity index is 799. The average molecular weight is 411 g/mol. The SMILES string of the molecule is CCn1cc(CNC(=O)[C@@H]2CCCN(C3CCN(Cc4cccnc4)CC3)C2)cn1. The third kappa shape index (κ3) is 5.46. The highest BCUT2D eigenvalue weighted by atomic mass is 16.1. The van der Waals surface area contributed by atoms with Gasteiger partial charge in [0, 0.05) is 56.4 Å². The summed E-state index contributed by atoms with van der Waals surface area (Å²) in [5, 5.41) is 7.41. The van der Waals surface area contributed by atoms with Gasteiger partial charge < -0.3 is 5.32 Å². The zero-order valence-electron chi connectivity index (χ0n) is 18.0. The second kappa shape index (κ2) is 10.2. The van der Waals surface area contributed by atoms with E-state index in [1.165, 1.54) is 18.4 Å². The van der Waals surface area contributed by atoms with Crippen molar-refractivity contribution in [2.45, 2.75) is 58.3 Å². The molecule has 4 rings (SSSR count). The lowest BCUT2D eigenvalue weighted by Crippen LogP contribution is -2.50. The van der Waals surface area contributed by atoms with Crippen LogP contribution in [0.2, 0.25) is 0 Å². The lowest BCUT2D eigenvalue weighted by molar-refractivity contribution is -0.127.